The van der Waals surface area contributed by atoms with Crippen LogP contribution in [0.3, 0.4) is 0 Å². The molecule has 1 aromatic rings. The summed E-state index contributed by atoms with van der Waals surface area (Å²) in [7, 11) is 2.01. The molecule has 0 aromatic heterocycles. The Morgan fingerprint density at radius 1 is 1.17 bits per heavy atom. The van der Waals surface area contributed by atoms with Gasteiger partial charge in [-0.2, -0.15) is 0 Å². The Morgan fingerprint density at radius 3 is 2.67 bits per heavy atom. The molecule has 0 amide bonds. The molecule has 0 saturated heterocycles. The predicted molar refractivity (Wildman–Crippen MR) is 76.4 cm³/mol. The molecular weight excluding hydrogens is 222 g/mol. The van der Waals surface area contributed by atoms with Crippen molar-refractivity contribution in [1.29, 1.82) is 0 Å². The SMILES string of the molecule is CCC#CCN(C)c1ccccc1C#CCCO. The Hall–Kier alpha value is -1.90. The second kappa shape index (κ2) is 8.23. The minimum atomic E-state index is 0.104. The molecule has 0 aliphatic rings. The molecule has 0 aliphatic heterocycles. The zero-order valence-corrected chi connectivity index (χ0v) is 11.0. The van der Waals surface area contributed by atoms with Crippen LogP contribution in [0.25, 0.3) is 0 Å². The van der Waals surface area contributed by atoms with E-state index in [0.717, 1.165) is 17.7 Å². The number of aliphatic hydroxyl groups excluding tert-OH is 1. The van der Waals surface area contributed by atoms with Gasteiger partial charge in [0.2, 0.25) is 0 Å². The van der Waals surface area contributed by atoms with Crippen molar-refractivity contribution >= 4 is 5.69 Å². The van der Waals surface area contributed by atoms with E-state index in [9.17, 15) is 0 Å². The van der Waals surface area contributed by atoms with Gasteiger partial charge in [-0.1, -0.05) is 36.8 Å². The standard InChI is InChI=1S/C16H19NO/c1-3-4-8-13-17(2)16-12-6-5-10-15(16)11-7-9-14-18/h5-6,10,12,18H,3,9,13-14H2,1-2H3. The fourth-order valence-corrected chi connectivity index (χ4v) is 1.51. The summed E-state index contributed by atoms with van der Waals surface area (Å²) in [6.45, 7) is 2.85. The van der Waals surface area contributed by atoms with Crippen LogP contribution in [-0.2, 0) is 0 Å². The second-order valence-corrected chi connectivity index (χ2v) is 3.86. The van der Waals surface area contributed by atoms with Crippen LogP contribution in [0.1, 0.15) is 25.3 Å². The minimum absolute atomic E-state index is 0.104. The lowest BCUT2D eigenvalue weighted by Crippen LogP contribution is -2.18. The quantitative estimate of drug-likeness (QED) is 0.821. The number of anilines is 1. The van der Waals surface area contributed by atoms with Crippen molar-refractivity contribution in [2.75, 3.05) is 25.1 Å². The molecule has 0 atom stereocenters. The average Bonchev–Trinajstić information content (AvgIpc) is 2.40. The molecule has 0 radical (unpaired) electrons. The molecule has 2 heteroatoms. The van der Waals surface area contributed by atoms with Crippen molar-refractivity contribution < 1.29 is 5.11 Å². The van der Waals surface area contributed by atoms with E-state index in [1.807, 2.05) is 38.2 Å². The second-order valence-electron chi connectivity index (χ2n) is 3.86. The highest BCUT2D eigenvalue weighted by atomic mass is 16.2. The van der Waals surface area contributed by atoms with Gasteiger partial charge >= 0.3 is 0 Å². The van der Waals surface area contributed by atoms with Crippen molar-refractivity contribution in [3.63, 3.8) is 0 Å². The summed E-state index contributed by atoms with van der Waals surface area (Å²) >= 11 is 0. The maximum absolute atomic E-state index is 8.73. The minimum Gasteiger partial charge on any atom is -0.395 e. The molecule has 1 aromatic carbocycles. The first-order valence-electron chi connectivity index (χ1n) is 6.15. The molecule has 18 heavy (non-hydrogen) atoms. The maximum Gasteiger partial charge on any atom is 0.0791 e. The van der Waals surface area contributed by atoms with E-state index in [2.05, 4.69) is 28.6 Å². The summed E-state index contributed by atoms with van der Waals surface area (Å²) in [6, 6.07) is 7.99. The number of rotatable bonds is 3. The van der Waals surface area contributed by atoms with Gasteiger partial charge in [-0.15, -0.1) is 5.92 Å². The number of para-hydroxylation sites is 1. The monoisotopic (exact) mass is 241 g/mol. The molecule has 0 unspecified atom stereocenters. The number of benzene rings is 1. The Bertz CT molecular complexity index is 485. The van der Waals surface area contributed by atoms with Crippen molar-refractivity contribution in [1.82, 2.24) is 0 Å². The normalized spacial score (nSPS) is 8.83. The van der Waals surface area contributed by atoms with Crippen molar-refractivity contribution in [3.8, 4) is 23.7 Å². The summed E-state index contributed by atoms with van der Waals surface area (Å²) in [5, 5.41) is 8.73. The largest absolute Gasteiger partial charge is 0.395 e. The van der Waals surface area contributed by atoms with Crippen molar-refractivity contribution in [2.45, 2.75) is 19.8 Å². The third kappa shape index (κ3) is 4.53. The van der Waals surface area contributed by atoms with E-state index >= 15 is 0 Å². The predicted octanol–water partition coefficient (Wildman–Crippen LogP) is 2.27. The summed E-state index contributed by atoms with van der Waals surface area (Å²) < 4.78 is 0. The van der Waals surface area contributed by atoms with Gasteiger partial charge in [0, 0.05) is 25.5 Å². The molecule has 0 aliphatic carbocycles. The first kappa shape index (κ1) is 14.2. The Labute approximate surface area is 110 Å². The number of hydrogen-bond donors (Lipinski definition) is 1. The smallest absolute Gasteiger partial charge is 0.0791 e. The van der Waals surface area contributed by atoms with Gasteiger partial charge in [0.1, 0.15) is 0 Å². The molecule has 94 valence electrons. The zero-order valence-electron chi connectivity index (χ0n) is 11.0. The van der Waals surface area contributed by atoms with Crippen LogP contribution in [0.15, 0.2) is 24.3 Å². The Morgan fingerprint density at radius 2 is 1.94 bits per heavy atom. The van der Waals surface area contributed by atoms with Crippen LogP contribution in [0.5, 0.6) is 0 Å². The first-order valence-corrected chi connectivity index (χ1v) is 6.15. The van der Waals surface area contributed by atoms with Gasteiger partial charge in [-0.25, -0.2) is 0 Å². The molecule has 1 N–H and O–H groups in total. The summed E-state index contributed by atoms with van der Waals surface area (Å²) in [5.41, 5.74) is 2.06. The molecule has 0 spiro atoms. The molecule has 2 nitrogen and oxygen atoms in total. The lowest BCUT2D eigenvalue weighted by molar-refractivity contribution is 0.305. The number of hydrogen-bond acceptors (Lipinski definition) is 2. The van der Waals surface area contributed by atoms with Gasteiger partial charge in [0.25, 0.3) is 0 Å². The van der Waals surface area contributed by atoms with E-state index in [1.165, 1.54) is 0 Å². The zero-order chi connectivity index (χ0) is 13.2. The highest BCUT2D eigenvalue weighted by Crippen LogP contribution is 2.17. The third-order valence-corrected chi connectivity index (χ3v) is 2.39. The fourth-order valence-electron chi connectivity index (χ4n) is 1.51. The van der Waals surface area contributed by atoms with Gasteiger partial charge in [-0.05, 0) is 12.1 Å². The average molecular weight is 241 g/mol. The van der Waals surface area contributed by atoms with Crippen LogP contribution in [-0.4, -0.2) is 25.3 Å². The van der Waals surface area contributed by atoms with Crippen molar-refractivity contribution in [3.05, 3.63) is 29.8 Å². The lowest BCUT2D eigenvalue weighted by Gasteiger charge is -2.17. The molecular formula is C16H19NO. The molecule has 0 bridgehead atoms. The third-order valence-electron chi connectivity index (χ3n) is 2.39. The molecule has 0 fully saturated rings. The van der Waals surface area contributed by atoms with Crippen molar-refractivity contribution in [2.24, 2.45) is 0 Å². The van der Waals surface area contributed by atoms with E-state index in [1.54, 1.807) is 0 Å². The number of nitrogens with zero attached hydrogens (tertiary/aromatic N) is 1. The van der Waals surface area contributed by atoms with E-state index in [-0.39, 0.29) is 6.61 Å². The van der Waals surface area contributed by atoms with Gasteiger partial charge in [0.15, 0.2) is 0 Å². The molecule has 1 rings (SSSR count). The Balaban J connectivity index is 2.85. The highest BCUT2D eigenvalue weighted by Gasteiger charge is 2.03. The van der Waals surface area contributed by atoms with Crippen LogP contribution in [0.2, 0.25) is 0 Å². The van der Waals surface area contributed by atoms with Gasteiger partial charge in [0.05, 0.1) is 18.8 Å². The van der Waals surface area contributed by atoms with Crippen LogP contribution in [0, 0.1) is 23.7 Å². The summed E-state index contributed by atoms with van der Waals surface area (Å²) in [6.07, 6.45) is 1.39. The maximum atomic E-state index is 8.73. The van der Waals surface area contributed by atoms with Crippen LogP contribution < -0.4 is 4.90 Å². The van der Waals surface area contributed by atoms with Crippen LogP contribution in [0.4, 0.5) is 5.69 Å². The summed E-state index contributed by atoms with van der Waals surface area (Å²) in [4.78, 5) is 2.09. The fraction of sp³-hybridized carbons (Fsp3) is 0.375. The topological polar surface area (TPSA) is 23.5 Å². The van der Waals surface area contributed by atoms with Gasteiger partial charge < -0.3 is 10.0 Å². The number of aliphatic hydroxyl groups is 1. The van der Waals surface area contributed by atoms with Crippen LogP contribution >= 0.6 is 0 Å². The van der Waals surface area contributed by atoms with E-state index < -0.39 is 0 Å². The Kier molecular flexibility index (Phi) is 6.47. The highest BCUT2D eigenvalue weighted by molar-refractivity contribution is 5.60. The van der Waals surface area contributed by atoms with E-state index in [0.29, 0.717) is 13.0 Å². The lowest BCUT2D eigenvalue weighted by atomic mass is 10.1. The first-order chi connectivity index (χ1) is 8.79. The molecule has 0 heterocycles. The van der Waals surface area contributed by atoms with E-state index in [4.69, 9.17) is 5.11 Å². The van der Waals surface area contributed by atoms with Gasteiger partial charge in [-0.3, -0.25) is 0 Å². The molecule has 0 saturated carbocycles. The summed E-state index contributed by atoms with van der Waals surface area (Å²) in [5.74, 6) is 12.2.